The van der Waals surface area contributed by atoms with Gasteiger partial charge in [0.15, 0.2) is 5.78 Å². The highest BCUT2D eigenvalue weighted by Crippen LogP contribution is 2.22. The molecule has 2 aromatic carbocycles. The summed E-state index contributed by atoms with van der Waals surface area (Å²) in [6.07, 6.45) is -1.37. The van der Waals surface area contributed by atoms with Crippen LogP contribution in [0.4, 0.5) is 4.39 Å². The molecule has 2 rings (SSSR count). The summed E-state index contributed by atoms with van der Waals surface area (Å²) < 4.78 is 13.6. The molecule has 0 saturated heterocycles. The highest BCUT2D eigenvalue weighted by Gasteiger charge is 2.21. The summed E-state index contributed by atoms with van der Waals surface area (Å²) in [6, 6.07) is 12.1. The van der Waals surface area contributed by atoms with Crippen LogP contribution in [0, 0.1) is 5.82 Å². The highest BCUT2D eigenvalue weighted by molar-refractivity contribution is 6.30. The Morgan fingerprint density at radius 2 is 1.83 bits per heavy atom. The molecule has 1 atom stereocenters. The van der Waals surface area contributed by atoms with Gasteiger partial charge in [-0.05, 0) is 23.8 Å². The van der Waals surface area contributed by atoms with Gasteiger partial charge in [0.05, 0.1) is 5.56 Å². The Kier molecular flexibility index (Phi) is 3.75. The minimum atomic E-state index is -1.37. The number of Topliss-reactive ketones (excluding diaryl/α,β-unsaturated/α-hetero) is 1. The maximum absolute atomic E-state index is 13.6. The summed E-state index contributed by atoms with van der Waals surface area (Å²) in [5.41, 5.74) is 0.257. The van der Waals surface area contributed by atoms with Crippen molar-refractivity contribution in [1.29, 1.82) is 0 Å². The summed E-state index contributed by atoms with van der Waals surface area (Å²) in [4.78, 5) is 11.9. The first-order valence-electron chi connectivity index (χ1n) is 5.32. The Bertz CT molecular complexity index is 569. The van der Waals surface area contributed by atoms with Crippen LogP contribution in [-0.2, 0) is 0 Å². The zero-order valence-electron chi connectivity index (χ0n) is 9.31. The van der Waals surface area contributed by atoms with E-state index in [-0.39, 0.29) is 10.6 Å². The van der Waals surface area contributed by atoms with E-state index in [1.807, 2.05) is 0 Å². The molecule has 0 heterocycles. The van der Waals surface area contributed by atoms with Crippen molar-refractivity contribution in [2.24, 2.45) is 0 Å². The van der Waals surface area contributed by atoms with Crippen molar-refractivity contribution in [3.05, 3.63) is 70.5 Å². The molecule has 0 amide bonds. The van der Waals surface area contributed by atoms with E-state index in [1.54, 1.807) is 30.3 Å². The molecule has 0 fully saturated rings. The SMILES string of the molecule is O=C(c1ccc(Cl)cc1F)C(O)c1ccccc1. The number of hydrogen-bond acceptors (Lipinski definition) is 2. The van der Waals surface area contributed by atoms with Gasteiger partial charge in [0.2, 0.25) is 0 Å². The average Bonchev–Trinajstić information content (AvgIpc) is 2.38. The standard InChI is InChI=1S/C14H10ClFO2/c15-10-6-7-11(12(16)8-10)14(18)13(17)9-4-2-1-3-5-9/h1-8,13,17H. The van der Waals surface area contributed by atoms with Crippen LogP contribution in [0.2, 0.25) is 5.02 Å². The van der Waals surface area contributed by atoms with E-state index in [2.05, 4.69) is 0 Å². The lowest BCUT2D eigenvalue weighted by atomic mass is 10.00. The number of aliphatic hydroxyl groups is 1. The van der Waals surface area contributed by atoms with Crippen molar-refractivity contribution < 1.29 is 14.3 Å². The third-order valence-corrected chi connectivity index (χ3v) is 2.80. The number of carbonyl (C=O) groups is 1. The van der Waals surface area contributed by atoms with Gasteiger partial charge < -0.3 is 5.11 Å². The largest absolute Gasteiger partial charge is 0.380 e. The van der Waals surface area contributed by atoms with Gasteiger partial charge in [0, 0.05) is 5.02 Å². The van der Waals surface area contributed by atoms with E-state index in [9.17, 15) is 14.3 Å². The van der Waals surface area contributed by atoms with Gasteiger partial charge in [-0.1, -0.05) is 41.9 Å². The molecular formula is C14H10ClFO2. The van der Waals surface area contributed by atoms with Gasteiger partial charge in [-0.25, -0.2) is 4.39 Å². The summed E-state index contributed by atoms with van der Waals surface area (Å²) in [5.74, 6) is -1.42. The smallest absolute Gasteiger partial charge is 0.198 e. The van der Waals surface area contributed by atoms with E-state index >= 15 is 0 Å². The third kappa shape index (κ3) is 2.58. The summed E-state index contributed by atoms with van der Waals surface area (Å²) in [7, 11) is 0. The summed E-state index contributed by atoms with van der Waals surface area (Å²) >= 11 is 5.60. The monoisotopic (exact) mass is 264 g/mol. The van der Waals surface area contributed by atoms with Gasteiger partial charge in [-0.15, -0.1) is 0 Å². The number of rotatable bonds is 3. The first-order valence-corrected chi connectivity index (χ1v) is 5.69. The van der Waals surface area contributed by atoms with Gasteiger partial charge in [-0.2, -0.15) is 0 Å². The fourth-order valence-corrected chi connectivity index (χ4v) is 1.78. The van der Waals surface area contributed by atoms with Crippen LogP contribution >= 0.6 is 11.6 Å². The normalized spacial score (nSPS) is 12.2. The zero-order chi connectivity index (χ0) is 13.1. The molecule has 4 heteroatoms. The minimum Gasteiger partial charge on any atom is -0.380 e. The van der Waals surface area contributed by atoms with Crippen molar-refractivity contribution in [2.45, 2.75) is 6.10 Å². The summed E-state index contributed by atoms with van der Waals surface area (Å²) in [6.45, 7) is 0. The molecule has 0 aromatic heterocycles. The predicted octanol–water partition coefficient (Wildman–Crippen LogP) is 3.40. The van der Waals surface area contributed by atoms with Crippen molar-refractivity contribution in [1.82, 2.24) is 0 Å². The first kappa shape index (κ1) is 12.7. The number of hydrogen-bond donors (Lipinski definition) is 1. The maximum Gasteiger partial charge on any atom is 0.198 e. The Hall–Kier alpha value is -1.71. The number of halogens is 2. The Morgan fingerprint density at radius 3 is 2.44 bits per heavy atom. The van der Waals surface area contributed by atoms with Gasteiger partial charge in [-0.3, -0.25) is 4.79 Å². The van der Waals surface area contributed by atoms with E-state index in [0.717, 1.165) is 6.07 Å². The molecule has 92 valence electrons. The predicted molar refractivity (Wildman–Crippen MR) is 67.1 cm³/mol. The molecule has 0 saturated carbocycles. The van der Waals surface area contributed by atoms with Crippen LogP contribution in [-0.4, -0.2) is 10.9 Å². The quantitative estimate of drug-likeness (QED) is 0.863. The molecule has 1 unspecified atom stereocenters. The number of carbonyl (C=O) groups excluding carboxylic acids is 1. The molecule has 0 aliphatic rings. The van der Waals surface area contributed by atoms with Crippen LogP contribution in [0.25, 0.3) is 0 Å². The fraction of sp³-hybridized carbons (Fsp3) is 0.0714. The fourth-order valence-electron chi connectivity index (χ4n) is 1.62. The third-order valence-electron chi connectivity index (χ3n) is 2.56. The minimum absolute atomic E-state index is 0.171. The van der Waals surface area contributed by atoms with Crippen LogP contribution in [0.15, 0.2) is 48.5 Å². The van der Waals surface area contributed by atoms with Crippen LogP contribution in [0.3, 0.4) is 0 Å². The van der Waals surface area contributed by atoms with Gasteiger partial charge in [0.25, 0.3) is 0 Å². The molecule has 2 nitrogen and oxygen atoms in total. The zero-order valence-corrected chi connectivity index (χ0v) is 10.1. The molecular weight excluding hydrogens is 255 g/mol. The Morgan fingerprint density at radius 1 is 1.17 bits per heavy atom. The first-order chi connectivity index (χ1) is 8.59. The van der Waals surface area contributed by atoms with E-state index in [0.29, 0.717) is 5.56 Å². The van der Waals surface area contributed by atoms with Gasteiger partial charge >= 0.3 is 0 Å². The topological polar surface area (TPSA) is 37.3 Å². The Labute approximate surface area is 109 Å². The second kappa shape index (κ2) is 5.29. The molecule has 0 bridgehead atoms. The number of ketones is 1. The second-order valence-electron chi connectivity index (χ2n) is 3.80. The molecule has 0 aliphatic carbocycles. The molecule has 0 spiro atoms. The van der Waals surface area contributed by atoms with Crippen molar-refractivity contribution in [2.75, 3.05) is 0 Å². The molecule has 0 aliphatic heterocycles. The average molecular weight is 265 g/mol. The lowest BCUT2D eigenvalue weighted by Crippen LogP contribution is -2.13. The van der Waals surface area contributed by atoms with Crippen molar-refractivity contribution in [3.63, 3.8) is 0 Å². The van der Waals surface area contributed by atoms with Crippen molar-refractivity contribution in [3.8, 4) is 0 Å². The molecule has 0 radical (unpaired) electrons. The number of aliphatic hydroxyl groups excluding tert-OH is 1. The molecule has 1 N–H and O–H groups in total. The van der Waals surface area contributed by atoms with Crippen LogP contribution in [0.5, 0.6) is 0 Å². The second-order valence-corrected chi connectivity index (χ2v) is 4.24. The van der Waals surface area contributed by atoms with Gasteiger partial charge in [0.1, 0.15) is 11.9 Å². The maximum atomic E-state index is 13.6. The van der Waals surface area contributed by atoms with E-state index in [1.165, 1.54) is 12.1 Å². The van der Waals surface area contributed by atoms with Crippen LogP contribution < -0.4 is 0 Å². The van der Waals surface area contributed by atoms with Crippen molar-refractivity contribution >= 4 is 17.4 Å². The highest BCUT2D eigenvalue weighted by atomic mass is 35.5. The lowest BCUT2D eigenvalue weighted by Gasteiger charge is -2.10. The summed E-state index contributed by atoms with van der Waals surface area (Å²) in [5, 5.41) is 10.1. The van der Waals surface area contributed by atoms with E-state index in [4.69, 9.17) is 11.6 Å². The molecule has 2 aromatic rings. The number of benzene rings is 2. The Balaban J connectivity index is 2.32. The molecule has 18 heavy (non-hydrogen) atoms. The lowest BCUT2D eigenvalue weighted by molar-refractivity contribution is 0.0743. The van der Waals surface area contributed by atoms with Crippen LogP contribution in [0.1, 0.15) is 22.0 Å². The van der Waals surface area contributed by atoms with E-state index < -0.39 is 17.7 Å².